The number of rotatable bonds is 7. The van der Waals surface area contributed by atoms with Crippen LogP contribution in [-0.4, -0.2) is 18.4 Å². The van der Waals surface area contributed by atoms with E-state index in [-0.39, 0.29) is 6.61 Å². The topological polar surface area (TPSA) is 26.7 Å². The Hall–Kier alpha value is -2.26. The molecule has 2 aromatic rings. The van der Waals surface area contributed by atoms with Gasteiger partial charge in [-0.2, -0.15) is 0 Å². The van der Waals surface area contributed by atoms with Crippen LogP contribution in [0.2, 0.25) is 0 Å². The largest absolute Gasteiger partial charge is 0.390 e. The van der Waals surface area contributed by atoms with Crippen molar-refractivity contribution < 1.29 is 5.11 Å². The monoisotopic (exact) mass is 434 g/mol. The Bertz CT molecular complexity index is 932. The van der Waals surface area contributed by atoms with Crippen molar-refractivity contribution in [1.82, 2.24) is 0 Å². The molecule has 0 spiro atoms. The van der Waals surface area contributed by atoms with Crippen molar-refractivity contribution in [2.75, 3.05) is 23.1 Å². The van der Waals surface area contributed by atoms with Gasteiger partial charge in [0.05, 0.1) is 19.0 Å². The van der Waals surface area contributed by atoms with Gasteiger partial charge >= 0.3 is 0 Å². The molecule has 1 heterocycles. The first-order valence-electron chi connectivity index (χ1n) is 12.2. The maximum absolute atomic E-state index is 10.5. The summed E-state index contributed by atoms with van der Waals surface area (Å²) in [5.74, 6) is 1.67. The third kappa shape index (κ3) is 4.32. The van der Waals surface area contributed by atoms with E-state index in [1.165, 1.54) is 33.6 Å². The van der Waals surface area contributed by atoms with Gasteiger partial charge in [-0.25, -0.2) is 0 Å². The summed E-state index contributed by atoms with van der Waals surface area (Å²) in [6.07, 6.45) is 0. The summed E-state index contributed by atoms with van der Waals surface area (Å²) in [4.78, 5) is 4.82. The minimum Gasteiger partial charge on any atom is -0.390 e. The molecule has 3 heteroatoms. The van der Waals surface area contributed by atoms with Crippen LogP contribution in [0.3, 0.4) is 0 Å². The van der Waals surface area contributed by atoms with Crippen LogP contribution < -0.4 is 9.80 Å². The van der Waals surface area contributed by atoms with Crippen LogP contribution >= 0.6 is 0 Å². The molecule has 1 aliphatic heterocycles. The van der Waals surface area contributed by atoms with E-state index in [0.717, 1.165) is 18.1 Å². The highest BCUT2D eigenvalue weighted by atomic mass is 16.3. The fraction of sp³-hybridized carbons (Fsp3) is 0.517. The summed E-state index contributed by atoms with van der Waals surface area (Å²) in [5.41, 5.74) is 10.2. The summed E-state index contributed by atoms with van der Waals surface area (Å²) in [5, 5.41) is 10.5. The number of hydrogen-bond acceptors (Lipinski definition) is 3. The number of nitrogens with zero attached hydrogens (tertiary/aromatic N) is 2. The SMILES string of the molecule is CC1=C(CO)N(c2c(C(C)C)cccc2C(C)C)CN1c1c(C(C)C)cccc1C(C)C. The van der Waals surface area contributed by atoms with Gasteiger partial charge in [-0.1, -0.05) is 91.8 Å². The smallest absolute Gasteiger partial charge is 0.0996 e. The van der Waals surface area contributed by atoms with Crippen molar-refractivity contribution in [1.29, 1.82) is 0 Å². The van der Waals surface area contributed by atoms with E-state index < -0.39 is 0 Å². The van der Waals surface area contributed by atoms with Crippen LogP contribution in [0, 0.1) is 0 Å². The zero-order valence-electron chi connectivity index (χ0n) is 21.5. The van der Waals surface area contributed by atoms with Crippen molar-refractivity contribution in [3.8, 4) is 0 Å². The van der Waals surface area contributed by atoms with Gasteiger partial charge in [-0.3, -0.25) is 0 Å². The molecule has 2 aromatic carbocycles. The molecule has 0 saturated carbocycles. The number of aliphatic hydroxyl groups excluding tert-OH is 1. The molecule has 3 nitrogen and oxygen atoms in total. The highest BCUT2D eigenvalue weighted by molar-refractivity contribution is 5.74. The predicted octanol–water partition coefficient (Wildman–Crippen LogP) is 7.69. The fourth-order valence-electron chi connectivity index (χ4n) is 4.97. The fourth-order valence-corrected chi connectivity index (χ4v) is 4.97. The summed E-state index contributed by atoms with van der Waals surface area (Å²) in [6.45, 7) is 21.1. The maximum atomic E-state index is 10.5. The van der Waals surface area contributed by atoms with Crippen LogP contribution in [0.1, 0.15) is 108 Å². The Morgan fingerprint density at radius 2 is 1.00 bits per heavy atom. The van der Waals surface area contributed by atoms with Crippen molar-refractivity contribution in [3.05, 3.63) is 70.0 Å². The zero-order valence-corrected chi connectivity index (χ0v) is 21.5. The van der Waals surface area contributed by atoms with E-state index in [1.807, 2.05) is 0 Å². The van der Waals surface area contributed by atoms with Crippen LogP contribution in [0.25, 0.3) is 0 Å². The Morgan fingerprint density at radius 3 is 1.31 bits per heavy atom. The molecule has 32 heavy (non-hydrogen) atoms. The Balaban J connectivity index is 2.23. The Labute approximate surface area is 195 Å². The lowest BCUT2D eigenvalue weighted by molar-refractivity contribution is 0.328. The van der Waals surface area contributed by atoms with Crippen molar-refractivity contribution >= 4 is 11.4 Å². The quantitative estimate of drug-likeness (QED) is 0.484. The molecule has 1 aliphatic rings. The molecule has 0 fully saturated rings. The van der Waals surface area contributed by atoms with E-state index in [4.69, 9.17) is 0 Å². The van der Waals surface area contributed by atoms with Gasteiger partial charge in [0.2, 0.25) is 0 Å². The lowest BCUT2D eigenvalue weighted by atomic mass is 9.91. The number of allylic oxidation sites excluding steroid dienone is 1. The van der Waals surface area contributed by atoms with Gasteiger partial charge in [0.15, 0.2) is 0 Å². The molecule has 0 aliphatic carbocycles. The summed E-state index contributed by atoms with van der Waals surface area (Å²) < 4.78 is 0. The molecular formula is C29H42N2O. The van der Waals surface area contributed by atoms with Crippen LogP contribution in [0.4, 0.5) is 11.4 Å². The van der Waals surface area contributed by atoms with Gasteiger partial charge in [0.25, 0.3) is 0 Å². The molecule has 0 aromatic heterocycles. The normalized spacial score (nSPS) is 14.8. The minimum atomic E-state index is 0.0349. The summed E-state index contributed by atoms with van der Waals surface area (Å²) in [6, 6.07) is 13.4. The molecule has 1 N–H and O–H groups in total. The van der Waals surface area contributed by atoms with E-state index in [0.29, 0.717) is 23.7 Å². The first kappa shape index (κ1) is 24.4. The number of aliphatic hydroxyl groups is 1. The van der Waals surface area contributed by atoms with E-state index in [1.54, 1.807) is 0 Å². The van der Waals surface area contributed by atoms with Crippen LogP contribution in [0.15, 0.2) is 47.8 Å². The van der Waals surface area contributed by atoms with Gasteiger partial charge in [-0.05, 0) is 52.8 Å². The van der Waals surface area contributed by atoms with E-state index in [2.05, 4.69) is 109 Å². The standard InChI is InChI=1S/C29H42N2O/c1-18(2)23-12-10-13-24(19(3)4)28(23)30-17-31(27(16-32)22(30)9)29-25(20(5)6)14-11-15-26(29)21(7)8/h10-15,18-21,32H,16-17H2,1-9H3. The average molecular weight is 435 g/mol. The summed E-state index contributed by atoms with van der Waals surface area (Å²) >= 11 is 0. The second kappa shape index (κ2) is 9.70. The molecular weight excluding hydrogens is 392 g/mol. The molecule has 0 unspecified atom stereocenters. The minimum absolute atomic E-state index is 0.0349. The van der Waals surface area contributed by atoms with Gasteiger partial charge in [0.1, 0.15) is 0 Å². The van der Waals surface area contributed by atoms with Crippen molar-refractivity contribution in [3.63, 3.8) is 0 Å². The highest BCUT2D eigenvalue weighted by Gasteiger charge is 2.33. The predicted molar refractivity (Wildman–Crippen MR) is 139 cm³/mol. The molecule has 174 valence electrons. The molecule has 0 bridgehead atoms. The number of benzene rings is 2. The second-order valence-corrected chi connectivity index (χ2v) is 10.4. The van der Waals surface area contributed by atoms with Gasteiger partial charge < -0.3 is 14.9 Å². The van der Waals surface area contributed by atoms with Gasteiger partial charge in [-0.15, -0.1) is 0 Å². The second-order valence-electron chi connectivity index (χ2n) is 10.4. The highest BCUT2D eigenvalue weighted by Crippen LogP contribution is 2.44. The third-order valence-corrected chi connectivity index (χ3v) is 6.81. The Morgan fingerprint density at radius 1 is 0.656 bits per heavy atom. The van der Waals surface area contributed by atoms with Crippen molar-refractivity contribution in [2.24, 2.45) is 0 Å². The molecule has 3 rings (SSSR count). The number of hydrogen-bond donors (Lipinski definition) is 1. The number of para-hydroxylation sites is 2. The average Bonchev–Trinajstić information content (AvgIpc) is 3.07. The molecule has 0 atom stereocenters. The third-order valence-electron chi connectivity index (χ3n) is 6.81. The van der Waals surface area contributed by atoms with Crippen molar-refractivity contribution in [2.45, 2.75) is 86.0 Å². The first-order chi connectivity index (χ1) is 15.1. The lowest BCUT2D eigenvalue weighted by Crippen LogP contribution is -2.31. The molecule has 0 radical (unpaired) electrons. The first-order valence-corrected chi connectivity index (χ1v) is 12.2. The maximum Gasteiger partial charge on any atom is 0.0996 e. The van der Waals surface area contributed by atoms with E-state index >= 15 is 0 Å². The summed E-state index contributed by atoms with van der Waals surface area (Å²) in [7, 11) is 0. The lowest BCUT2D eigenvalue weighted by Gasteiger charge is -2.32. The zero-order chi connectivity index (χ0) is 23.7. The van der Waals surface area contributed by atoms with Crippen LogP contribution in [0.5, 0.6) is 0 Å². The van der Waals surface area contributed by atoms with E-state index in [9.17, 15) is 5.11 Å². The molecule has 0 amide bonds. The van der Waals surface area contributed by atoms with Crippen LogP contribution in [-0.2, 0) is 0 Å². The molecule has 0 saturated heterocycles. The number of anilines is 2. The Kier molecular flexibility index (Phi) is 7.39. The van der Waals surface area contributed by atoms with Gasteiger partial charge in [0, 0.05) is 17.1 Å².